The summed E-state index contributed by atoms with van der Waals surface area (Å²) in [6.45, 7) is 5.98. The monoisotopic (exact) mass is 359 g/mol. The summed E-state index contributed by atoms with van der Waals surface area (Å²) in [5, 5.41) is 4.59. The molecule has 0 aliphatic heterocycles. The van der Waals surface area contributed by atoms with Gasteiger partial charge in [-0.15, -0.1) is 0 Å². The summed E-state index contributed by atoms with van der Waals surface area (Å²) in [5.41, 5.74) is 2.58. The minimum absolute atomic E-state index is 0.234. The van der Waals surface area contributed by atoms with Gasteiger partial charge in [0.05, 0.1) is 0 Å². The molecule has 0 atom stereocenters. The van der Waals surface area contributed by atoms with Crippen molar-refractivity contribution in [3.05, 3.63) is 54.2 Å². The highest BCUT2D eigenvalue weighted by Crippen LogP contribution is 2.22. The van der Waals surface area contributed by atoms with Crippen LogP contribution < -0.4 is 9.62 Å². The number of hydrogen-bond donors (Lipinski definition) is 1. The molecular formula is C18H21N3O3S. The van der Waals surface area contributed by atoms with Crippen LogP contribution in [-0.2, 0) is 15.8 Å². The zero-order chi connectivity index (χ0) is 17.9. The van der Waals surface area contributed by atoms with Gasteiger partial charge in [-0.1, -0.05) is 17.3 Å². The van der Waals surface area contributed by atoms with Crippen LogP contribution in [0.5, 0.6) is 0 Å². The molecule has 3 rings (SSSR count). The van der Waals surface area contributed by atoms with E-state index in [4.69, 9.17) is 4.52 Å². The van der Waals surface area contributed by atoms with Gasteiger partial charge in [0.15, 0.2) is 5.58 Å². The van der Waals surface area contributed by atoms with Crippen molar-refractivity contribution < 1.29 is 12.9 Å². The van der Waals surface area contributed by atoms with Crippen LogP contribution in [0.4, 0.5) is 11.4 Å². The van der Waals surface area contributed by atoms with Crippen molar-refractivity contribution in [3.8, 4) is 0 Å². The van der Waals surface area contributed by atoms with E-state index >= 15 is 0 Å². The molecule has 0 radical (unpaired) electrons. The van der Waals surface area contributed by atoms with Crippen LogP contribution >= 0.6 is 0 Å². The summed E-state index contributed by atoms with van der Waals surface area (Å²) < 4.78 is 32.6. The zero-order valence-corrected chi connectivity index (χ0v) is 15.1. The third-order valence-corrected chi connectivity index (χ3v) is 5.25. The van der Waals surface area contributed by atoms with E-state index in [2.05, 4.69) is 28.6 Å². The molecule has 0 fully saturated rings. The Morgan fingerprint density at radius 3 is 2.40 bits per heavy atom. The molecule has 0 amide bonds. The number of fused-ring (bicyclic) bond motifs is 1. The normalized spacial score (nSPS) is 11.6. The molecule has 25 heavy (non-hydrogen) atoms. The van der Waals surface area contributed by atoms with Crippen LogP contribution in [0.1, 0.15) is 19.5 Å². The molecule has 2 aromatic carbocycles. The summed E-state index contributed by atoms with van der Waals surface area (Å²) in [6.07, 6.45) is 0. The third-order valence-electron chi connectivity index (χ3n) is 4.05. The first-order chi connectivity index (χ1) is 12.0. The molecule has 3 aromatic rings. The SMILES string of the molecule is CCN(CC)c1ccc(NS(=O)(=O)Cc2noc3ccccc23)cc1. The number of aromatic nitrogens is 1. The van der Waals surface area contributed by atoms with E-state index in [-0.39, 0.29) is 5.75 Å². The van der Waals surface area contributed by atoms with Crippen LogP contribution in [0.15, 0.2) is 53.1 Å². The second-order valence-electron chi connectivity index (χ2n) is 5.71. The number of para-hydroxylation sites is 1. The molecule has 6 nitrogen and oxygen atoms in total. The summed E-state index contributed by atoms with van der Waals surface area (Å²) in [4.78, 5) is 2.19. The maximum Gasteiger partial charge on any atom is 0.238 e. The highest BCUT2D eigenvalue weighted by atomic mass is 32.2. The smallest absolute Gasteiger partial charge is 0.238 e. The first-order valence-electron chi connectivity index (χ1n) is 8.21. The predicted molar refractivity (Wildman–Crippen MR) is 100 cm³/mol. The second kappa shape index (κ2) is 7.14. The second-order valence-corrected chi connectivity index (χ2v) is 7.43. The van der Waals surface area contributed by atoms with Gasteiger partial charge in [0.1, 0.15) is 11.4 Å². The van der Waals surface area contributed by atoms with E-state index < -0.39 is 10.0 Å². The lowest BCUT2D eigenvalue weighted by atomic mass is 10.2. The van der Waals surface area contributed by atoms with Crippen LogP contribution in [0, 0.1) is 0 Å². The molecule has 132 valence electrons. The Hall–Kier alpha value is -2.54. The van der Waals surface area contributed by atoms with Gasteiger partial charge in [-0.2, -0.15) is 0 Å². The Balaban J connectivity index is 1.75. The van der Waals surface area contributed by atoms with Crippen molar-refractivity contribution in [1.29, 1.82) is 0 Å². The van der Waals surface area contributed by atoms with Crippen LogP contribution in [0.25, 0.3) is 11.0 Å². The van der Waals surface area contributed by atoms with Gasteiger partial charge in [-0.05, 0) is 50.2 Å². The summed E-state index contributed by atoms with van der Waals surface area (Å²) in [7, 11) is -3.58. The van der Waals surface area contributed by atoms with E-state index in [0.717, 1.165) is 18.8 Å². The number of hydrogen-bond acceptors (Lipinski definition) is 5. The minimum atomic E-state index is -3.58. The average molecular weight is 359 g/mol. The molecule has 0 aliphatic rings. The zero-order valence-electron chi connectivity index (χ0n) is 14.3. The van der Waals surface area contributed by atoms with Gasteiger partial charge < -0.3 is 9.42 Å². The standard InChI is InChI=1S/C18H21N3O3S/c1-3-21(4-2)15-11-9-14(10-12-15)20-25(22,23)13-17-16-7-5-6-8-18(16)24-19-17/h5-12,20H,3-4,13H2,1-2H3. The Morgan fingerprint density at radius 2 is 1.72 bits per heavy atom. The molecule has 0 spiro atoms. The molecule has 0 bridgehead atoms. The van der Waals surface area contributed by atoms with Crippen LogP contribution in [-0.4, -0.2) is 26.7 Å². The lowest BCUT2D eigenvalue weighted by molar-refractivity contribution is 0.448. The Morgan fingerprint density at radius 1 is 1.04 bits per heavy atom. The van der Waals surface area contributed by atoms with Gasteiger partial charge >= 0.3 is 0 Å². The topological polar surface area (TPSA) is 75.4 Å². The number of nitrogens with zero attached hydrogens (tertiary/aromatic N) is 2. The summed E-state index contributed by atoms with van der Waals surface area (Å²) >= 11 is 0. The fraction of sp³-hybridized carbons (Fsp3) is 0.278. The van der Waals surface area contributed by atoms with E-state index in [9.17, 15) is 8.42 Å². The van der Waals surface area contributed by atoms with Crippen molar-refractivity contribution in [2.24, 2.45) is 0 Å². The quantitative estimate of drug-likeness (QED) is 0.697. The Labute approximate surface area is 147 Å². The first-order valence-corrected chi connectivity index (χ1v) is 9.86. The van der Waals surface area contributed by atoms with Gasteiger partial charge in [-0.25, -0.2) is 8.42 Å². The molecular weight excluding hydrogens is 338 g/mol. The predicted octanol–water partition coefficient (Wildman–Crippen LogP) is 3.62. The Kier molecular flexibility index (Phi) is 4.94. The van der Waals surface area contributed by atoms with Crippen molar-refractivity contribution >= 4 is 32.4 Å². The number of anilines is 2. The van der Waals surface area contributed by atoms with E-state index in [1.807, 2.05) is 24.3 Å². The highest BCUT2D eigenvalue weighted by molar-refractivity contribution is 7.91. The van der Waals surface area contributed by atoms with Crippen molar-refractivity contribution in [2.75, 3.05) is 22.7 Å². The fourth-order valence-electron chi connectivity index (χ4n) is 2.77. The van der Waals surface area contributed by atoms with Crippen LogP contribution in [0.2, 0.25) is 0 Å². The van der Waals surface area contributed by atoms with Crippen molar-refractivity contribution in [3.63, 3.8) is 0 Å². The third kappa shape index (κ3) is 3.93. The molecule has 1 N–H and O–H groups in total. The maximum absolute atomic E-state index is 12.4. The average Bonchev–Trinajstić information content (AvgIpc) is 3.00. The van der Waals surface area contributed by atoms with Crippen molar-refractivity contribution in [2.45, 2.75) is 19.6 Å². The van der Waals surface area contributed by atoms with Crippen LogP contribution in [0.3, 0.4) is 0 Å². The lowest BCUT2D eigenvalue weighted by Gasteiger charge is -2.21. The number of rotatable bonds is 7. The van der Waals surface area contributed by atoms with E-state index in [1.165, 1.54) is 0 Å². The summed E-state index contributed by atoms with van der Waals surface area (Å²) in [6, 6.07) is 14.6. The number of sulfonamides is 1. The molecule has 0 unspecified atom stereocenters. The van der Waals surface area contributed by atoms with E-state index in [1.54, 1.807) is 24.3 Å². The highest BCUT2D eigenvalue weighted by Gasteiger charge is 2.17. The summed E-state index contributed by atoms with van der Waals surface area (Å²) in [5.74, 6) is -0.234. The minimum Gasteiger partial charge on any atom is -0.372 e. The fourth-order valence-corrected chi connectivity index (χ4v) is 3.90. The van der Waals surface area contributed by atoms with Crippen molar-refractivity contribution in [1.82, 2.24) is 5.16 Å². The number of nitrogens with one attached hydrogen (secondary N) is 1. The molecule has 1 heterocycles. The largest absolute Gasteiger partial charge is 0.372 e. The van der Waals surface area contributed by atoms with Gasteiger partial charge in [-0.3, -0.25) is 4.72 Å². The van der Waals surface area contributed by atoms with Gasteiger partial charge in [0.2, 0.25) is 10.0 Å². The molecule has 7 heteroatoms. The van der Waals surface area contributed by atoms with Gasteiger partial charge in [0.25, 0.3) is 0 Å². The molecule has 0 saturated heterocycles. The van der Waals surface area contributed by atoms with Gasteiger partial charge in [0, 0.05) is 29.9 Å². The molecule has 0 aliphatic carbocycles. The maximum atomic E-state index is 12.4. The number of benzene rings is 2. The Bertz CT molecular complexity index is 945. The van der Waals surface area contributed by atoms with E-state index in [0.29, 0.717) is 22.4 Å². The lowest BCUT2D eigenvalue weighted by Crippen LogP contribution is -2.21. The molecule has 1 aromatic heterocycles. The molecule has 0 saturated carbocycles. The first kappa shape index (κ1) is 17.3.